The van der Waals surface area contributed by atoms with E-state index < -0.39 is 0 Å². The molecule has 0 saturated carbocycles. The number of anilines is 1. The number of carbonyl (C=O) groups excluding carboxylic acids is 1. The number of hydrogen-bond acceptors (Lipinski definition) is 2. The van der Waals surface area contributed by atoms with E-state index in [1.54, 1.807) is 0 Å². The van der Waals surface area contributed by atoms with Gasteiger partial charge in [0, 0.05) is 12.2 Å². The molecule has 2 amide bonds. The van der Waals surface area contributed by atoms with Gasteiger partial charge >= 0.3 is 6.03 Å². The van der Waals surface area contributed by atoms with Gasteiger partial charge in [-0.25, -0.2) is 4.79 Å². The van der Waals surface area contributed by atoms with E-state index in [0.29, 0.717) is 13.2 Å². The van der Waals surface area contributed by atoms with E-state index in [9.17, 15) is 4.79 Å². The third-order valence-electron chi connectivity index (χ3n) is 5.92. The summed E-state index contributed by atoms with van der Waals surface area (Å²) in [4.78, 5) is 15.3. The van der Waals surface area contributed by atoms with Crippen molar-refractivity contribution in [1.29, 1.82) is 0 Å². The Balaban J connectivity index is 1.49. The van der Waals surface area contributed by atoms with Crippen LogP contribution in [-0.4, -0.2) is 10.9 Å². The number of rotatable bonds is 8. The fourth-order valence-electron chi connectivity index (χ4n) is 3.82. The van der Waals surface area contributed by atoms with Crippen LogP contribution < -0.4 is 10.1 Å². The zero-order chi connectivity index (χ0) is 23.8. The SMILES string of the molecule is Cc1ccccc1NC(=O)N(Cc1ccc(OCc2ccccc2)cc1)C(C)c1ccccc1. The summed E-state index contributed by atoms with van der Waals surface area (Å²) >= 11 is 0. The molecule has 0 aliphatic rings. The molecule has 0 radical (unpaired) electrons. The van der Waals surface area contributed by atoms with Gasteiger partial charge in [-0.3, -0.25) is 0 Å². The van der Waals surface area contributed by atoms with Crippen LogP contribution in [0.3, 0.4) is 0 Å². The molecule has 1 atom stereocenters. The third kappa shape index (κ3) is 6.04. The highest BCUT2D eigenvalue weighted by molar-refractivity contribution is 5.90. The molecular weight excluding hydrogens is 420 g/mol. The van der Waals surface area contributed by atoms with Gasteiger partial charge in [0.2, 0.25) is 0 Å². The standard InChI is InChI=1S/C30H30N2O2/c1-23-11-9-10-16-29(23)31-30(33)32(24(2)27-14-7-4-8-15-27)21-25-17-19-28(20-18-25)34-22-26-12-5-3-6-13-26/h3-20,24H,21-22H2,1-2H3,(H,31,33). The van der Waals surface area contributed by atoms with E-state index in [1.807, 2.05) is 109 Å². The smallest absolute Gasteiger partial charge is 0.322 e. The lowest BCUT2D eigenvalue weighted by atomic mass is 10.1. The van der Waals surface area contributed by atoms with Gasteiger partial charge in [-0.1, -0.05) is 91.0 Å². The Morgan fingerprint density at radius 2 is 1.41 bits per heavy atom. The van der Waals surface area contributed by atoms with Gasteiger partial charge in [-0.15, -0.1) is 0 Å². The number of nitrogens with one attached hydrogen (secondary N) is 1. The predicted octanol–water partition coefficient (Wildman–Crippen LogP) is 7.37. The van der Waals surface area contributed by atoms with Crippen molar-refractivity contribution < 1.29 is 9.53 Å². The fourth-order valence-corrected chi connectivity index (χ4v) is 3.82. The number of carbonyl (C=O) groups is 1. The minimum Gasteiger partial charge on any atom is -0.489 e. The predicted molar refractivity (Wildman–Crippen MR) is 138 cm³/mol. The van der Waals surface area contributed by atoms with Crippen LogP contribution in [0.15, 0.2) is 109 Å². The van der Waals surface area contributed by atoms with Gasteiger partial charge in [0.05, 0.1) is 6.04 Å². The van der Waals surface area contributed by atoms with Crippen molar-refractivity contribution in [1.82, 2.24) is 4.90 Å². The van der Waals surface area contributed by atoms with Crippen molar-refractivity contribution in [3.63, 3.8) is 0 Å². The number of aryl methyl sites for hydroxylation is 1. The molecule has 4 rings (SSSR count). The van der Waals surface area contributed by atoms with Gasteiger partial charge in [-0.2, -0.15) is 0 Å². The lowest BCUT2D eigenvalue weighted by Crippen LogP contribution is -2.36. The molecule has 0 aromatic heterocycles. The van der Waals surface area contributed by atoms with Crippen LogP contribution in [0.25, 0.3) is 0 Å². The molecule has 4 aromatic rings. The molecule has 0 heterocycles. The molecule has 1 unspecified atom stereocenters. The van der Waals surface area contributed by atoms with Crippen molar-refractivity contribution in [3.8, 4) is 5.75 Å². The normalized spacial score (nSPS) is 11.5. The number of ether oxygens (including phenoxy) is 1. The summed E-state index contributed by atoms with van der Waals surface area (Å²) < 4.78 is 5.92. The lowest BCUT2D eigenvalue weighted by molar-refractivity contribution is 0.189. The highest BCUT2D eigenvalue weighted by atomic mass is 16.5. The number of amides is 2. The van der Waals surface area contributed by atoms with Crippen LogP contribution >= 0.6 is 0 Å². The van der Waals surface area contributed by atoms with E-state index in [1.165, 1.54) is 0 Å². The molecule has 0 aliphatic heterocycles. The molecule has 4 heteroatoms. The number of urea groups is 1. The quantitative estimate of drug-likeness (QED) is 0.304. The highest BCUT2D eigenvalue weighted by Crippen LogP contribution is 2.25. The second-order valence-corrected chi connectivity index (χ2v) is 8.38. The molecule has 1 N–H and O–H groups in total. The third-order valence-corrected chi connectivity index (χ3v) is 5.92. The monoisotopic (exact) mass is 450 g/mol. The lowest BCUT2D eigenvalue weighted by Gasteiger charge is -2.30. The largest absolute Gasteiger partial charge is 0.489 e. The number of para-hydroxylation sites is 1. The van der Waals surface area contributed by atoms with Crippen LogP contribution in [0, 0.1) is 6.92 Å². The summed E-state index contributed by atoms with van der Waals surface area (Å²) in [6, 6.07) is 35.8. The summed E-state index contributed by atoms with van der Waals surface area (Å²) in [5.74, 6) is 0.805. The van der Waals surface area contributed by atoms with E-state index >= 15 is 0 Å². The first kappa shape index (κ1) is 23.1. The molecule has 0 saturated heterocycles. The molecule has 34 heavy (non-hydrogen) atoms. The Labute approximate surface area is 201 Å². The number of nitrogens with zero attached hydrogens (tertiary/aromatic N) is 1. The first-order chi connectivity index (χ1) is 16.6. The van der Waals surface area contributed by atoms with E-state index in [4.69, 9.17) is 4.74 Å². The topological polar surface area (TPSA) is 41.6 Å². The maximum absolute atomic E-state index is 13.4. The zero-order valence-electron chi connectivity index (χ0n) is 19.6. The maximum Gasteiger partial charge on any atom is 0.322 e. The first-order valence-electron chi connectivity index (χ1n) is 11.5. The summed E-state index contributed by atoms with van der Waals surface area (Å²) in [7, 11) is 0. The molecule has 4 aromatic carbocycles. The summed E-state index contributed by atoms with van der Waals surface area (Å²) in [5.41, 5.74) is 5.10. The summed E-state index contributed by atoms with van der Waals surface area (Å²) in [5, 5.41) is 3.09. The van der Waals surface area contributed by atoms with Crippen molar-refractivity contribution >= 4 is 11.7 Å². The van der Waals surface area contributed by atoms with Crippen molar-refractivity contribution in [2.45, 2.75) is 33.0 Å². The Morgan fingerprint density at radius 1 is 0.794 bits per heavy atom. The average Bonchev–Trinajstić information content (AvgIpc) is 2.89. The van der Waals surface area contributed by atoms with Crippen LogP contribution in [0.1, 0.15) is 35.2 Å². The molecule has 4 nitrogen and oxygen atoms in total. The Morgan fingerprint density at radius 3 is 2.09 bits per heavy atom. The van der Waals surface area contributed by atoms with Gasteiger partial charge in [0.25, 0.3) is 0 Å². The van der Waals surface area contributed by atoms with Crippen LogP contribution in [-0.2, 0) is 13.2 Å². The van der Waals surface area contributed by atoms with E-state index in [-0.39, 0.29) is 12.1 Å². The Kier molecular flexibility index (Phi) is 7.61. The van der Waals surface area contributed by atoms with E-state index in [2.05, 4.69) is 24.4 Å². The van der Waals surface area contributed by atoms with Gasteiger partial charge < -0.3 is 15.0 Å². The molecule has 0 bridgehead atoms. The summed E-state index contributed by atoms with van der Waals surface area (Å²) in [6.45, 7) is 5.06. The zero-order valence-corrected chi connectivity index (χ0v) is 19.6. The van der Waals surface area contributed by atoms with Gasteiger partial charge in [-0.05, 0) is 54.3 Å². The second kappa shape index (κ2) is 11.2. The Bertz CT molecular complexity index is 1190. The molecule has 0 aliphatic carbocycles. The van der Waals surface area contributed by atoms with Crippen LogP contribution in [0.4, 0.5) is 10.5 Å². The Hall–Kier alpha value is -4.05. The molecule has 172 valence electrons. The molecule has 0 spiro atoms. The van der Waals surface area contributed by atoms with Gasteiger partial charge in [0.1, 0.15) is 12.4 Å². The number of hydrogen-bond donors (Lipinski definition) is 1. The average molecular weight is 451 g/mol. The minimum atomic E-state index is -0.130. The molecular formula is C30H30N2O2. The van der Waals surface area contributed by atoms with Crippen LogP contribution in [0.2, 0.25) is 0 Å². The minimum absolute atomic E-state index is 0.0979. The highest BCUT2D eigenvalue weighted by Gasteiger charge is 2.22. The van der Waals surface area contributed by atoms with E-state index in [0.717, 1.165) is 33.7 Å². The summed E-state index contributed by atoms with van der Waals surface area (Å²) in [6.07, 6.45) is 0. The van der Waals surface area contributed by atoms with Crippen molar-refractivity contribution in [2.75, 3.05) is 5.32 Å². The van der Waals surface area contributed by atoms with Crippen molar-refractivity contribution in [3.05, 3.63) is 131 Å². The fraction of sp³-hybridized carbons (Fsp3) is 0.167. The van der Waals surface area contributed by atoms with Crippen LogP contribution in [0.5, 0.6) is 5.75 Å². The maximum atomic E-state index is 13.4. The molecule has 0 fully saturated rings. The van der Waals surface area contributed by atoms with Gasteiger partial charge in [0.15, 0.2) is 0 Å². The van der Waals surface area contributed by atoms with Crippen molar-refractivity contribution in [2.24, 2.45) is 0 Å². The number of benzene rings is 4. The second-order valence-electron chi connectivity index (χ2n) is 8.38. The first-order valence-corrected chi connectivity index (χ1v) is 11.5.